The first-order chi connectivity index (χ1) is 11.1. The maximum Gasteiger partial charge on any atom is 0.265 e. The summed E-state index contributed by atoms with van der Waals surface area (Å²) in [5.41, 5.74) is 0.329. The van der Waals surface area contributed by atoms with E-state index in [0.29, 0.717) is 24.8 Å². The van der Waals surface area contributed by atoms with Crippen molar-refractivity contribution in [3.05, 3.63) is 42.6 Å². The number of ether oxygens (including phenoxy) is 3. The Morgan fingerprint density at radius 3 is 2.52 bits per heavy atom. The van der Waals surface area contributed by atoms with Gasteiger partial charge in [0.25, 0.3) is 10.0 Å². The average molecular weight is 338 g/mol. The third-order valence-corrected chi connectivity index (χ3v) is 4.31. The first-order valence-electron chi connectivity index (χ1n) is 6.80. The minimum atomic E-state index is -3.77. The van der Waals surface area contributed by atoms with Gasteiger partial charge in [-0.2, -0.15) is 0 Å². The Bertz CT molecular complexity index is 732. The van der Waals surface area contributed by atoms with Crippen LogP contribution in [0.4, 0.5) is 5.69 Å². The fraction of sp³-hybridized carbons (Fsp3) is 0.267. The number of rotatable bonds is 8. The van der Waals surface area contributed by atoms with E-state index in [0.717, 1.165) is 0 Å². The zero-order valence-electron chi connectivity index (χ0n) is 12.9. The summed E-state index contributed by atoms with van der Waals surface area (Å²) in [5, 5.41) is 0. The van der Waals surface area contributed by atoms with Gasteiger partial charge in [-0.25, -0.2) is 13.4 Å². The Kier molecular flexibility index (Phi) is 5.78. The van der Waals surface area contributed by atoms with Crippen LogP contribution in [0.15, 0.2) is 47.5 Å². The van der Waals surface area contributed by atoms with Crippen LogP contribution in [-0.4, -0.2) is 40.8 Å². The minimum absolute atomic E-state index is 0.0583. The maximum absolute atomic E-state index is 12.4. The number of nitrogens with zero attached hydrogens (tertiary/aromatic N) is 1. The summed E-state index contributed by atoms with van der Waals surface area (Å²) in [5.74, 6) is 0.662. The van der Waals surface area contributed by atoms with Gasteiger partial charge in [-0.3, -0.25) is 4.72 Å². The number of nitrogens with one attached hydrogen (secondary N) is 1. The number of hydrogen-bond acceptors (Lipinski definition) is 6. The van der Waals surface area contributed by atoms with Crippen LogP contribution >= 0.6 is 0 Å². The highest BCUT2D eigenvalue weighted by atomic mass is 32.2. The van der Waals surface area contributed by atoms with E-state index in [1.807, 2.05) is 0 Å². The van der Waals surface area contributed by atoms with Gasteiger partial charge in [0.05, 0.1) is 25.6 Å². The Labute approximate surface area is 135 Å². The van der Waals surface area contributed by atoms with Gasteiger partial charge in [0, 0.05) is 13.2 Å². The van der Waals surface area contributed by atoms with E-state index in [9.17, 15) is 8.42 Å². The molecule has 0 atom stereocenters. The van der Waals surface area contributed by atoms with E-state index >= 15 is 0 Å². The monoisotopic (exact) mass is 338 g/mol. The highest BCUT2D eigenvalue weighted by Gasteiger charge is 2.19. The van der Waals surface area contributed by atoms with Crippen LogP contribution in [0.3, 0.4) is 0 Å². The summed E-state index contributed by atoms with van der Waals surface area (Å²) >= 11 is 0. The molecule has 8 heteroatoms. The molecule has 0 aliphatic carbocycles. The van der Waals surface area contributed by atoms with Crippen molar-refractivity contribution >= 4 is 15.7 Å². The van der Waals surface area contributed by atoms with Crippen molar-refractivity contribution in [3.8, 4) is 11.6 Å². The predicted molar refractivity (Wildman–Crippen MR) is 85.4 cm³/mol. The van der Waals surface area contributed by atoms with Crippen molar-refractivity contribution in [2.24, 2.45) is 0 Å². The van der Waals surface area contributed by atoms with Gasteiger partial charge in [0.2, 0.25) is 5.88 Å². The smallest absolute Gasteiger partial charge is 0.265 e. The molecule has 1 heterocycles. The Hall–Kier alpha value is -2.32. The van der Waals surface area contributed by atoms with Gasteiger partial charge in [-0.15, -0.1) is 0 Å². The molecule has 0 saturated carbocycles. The third-order valence-electron chi connectivity index (χ3n) is 2.88. The van der Waals surface area contributed by atoms with Crippen molar-refractivity contribution < 1.29 is 22.6 Å². The van der Waals surface area contributed by atoms with E-state index in [1.165, 1.54) is 19.4 Å². The molecular weight excluding hydrogens is 320 g/mol. The first kappa shape index (κ1) is 17.0. The Morgan fingerprint density at radius 1 is 1.09 bits per heavy atom. The molecule has 0 bridgehead atoms. The summed E-state index contributed by atoms with van der Waals surface area (Å²) in [6.07, 6.45) is 1.38. The highest BCUT2D eigenvalue weighted by Crippen LogP contribution is 2.25. The van der Waals surface area contributed by atoms with Crippen molar-refractivity contribution in [2.75, 3.05) is 32.2 Å². The molecule has 0 fully saturated rings. The SMILES string of the molecule is COCCOc1ccc(NS(=O)(=O)c2ccccc2OC)cn1. The molecular formula is C15H18N2O5S. The number of benzene rings is 1. The molecule has 7 nitrogen and oxygen atoms in total. The van der Waals surface area contributed by atoms with Crippen LogP contribution in [0.2, 0.25) is 0 Å². The molecule has 1 N–H and O–H groups in total. The molecule has 0 aliphatic heterocycles. The molecule has 0 aliphatic rings. The highest BCUT2D eigenvalue weighted by molar-refractivity contribution is 7.92. The lowest BCUT2D eigenvalue weighted by Gasteiger charge is -2.11. The lowest BCUT2D eigenvalue weighted by molar-refractivity contribution is 0.144. The van der Waals surface area contributed by atoms with Crippen molar-refractivity contribution in [2.45, 2.75) is 4.90 Å². The van der Waals surface area contributed by atoms with Crippen LogP contribution in [0.25, 0.3) is 0 Å². The second-order valence-electron chi connectivity index (χ2n) is 4.48. The predicted octanol–water partition coefficient (Wildman–Crippen LogP) is 1.92. The first-order valence-corrected chi connectivity index (χ1v) is 8.29. The lowest BCUT2D eigenvalue weighted by atomic mass is 10.3. The topological polar surface area (TPSA) is 86.8 Å². The molecule has 1 aromatic carbocycles. The number of methoxy groups -OCH3 is 2. The van der Waals surface area contributed by atoms with Crippen LogP contribution in [-0.2, 0) is 14.8 Å². The molecule has 0 saturated heterocycles. The molecule has 124 valence electrons. The molecule has 23 heavy (non-hydrogen) atoms. The summed E-state index contributed by atoms with van der Waals surface area (Å²) in [4.78, 5) is 4.09. The van der Waals surface area contributed by atoms with E-state index < -0.39 is 10.0 Å². The van der Waals surface area contributed by atoms with E-state index in [1.54, 1.807) is 37.4 Å². The number of aromatic nitrogens is 1. The van der Waals surface area contributed by atoms with Crippen LogP contribution in [0.5, 0.6) is 11.6 Å². The van der Waals surface area contributed by atoms with Crippen molar-refractivity contribution in [1.29, 1.82) is 0 Å². The summed E-state index contributed by atoms with van der Waals surface area (Å²) in [6, 6.07) is 9.53. The number of para-hydroxylation sites is 1. The standard InChI is InChI=1S/C15H18N2O5S/c1-20-9-10-22-15-8-7-12(11-16-15)17-23(18,19)14-6-4-3-5-13(14)21-2/h3-8,11,17H,9-10H2,1-2H3. The quantitative estimate of drug-likeness (QED) is 0.740. The zero-order chi connectivity index (χ0) is 16.7. The normalized spacial score (nSPS) is 11.0. The largest absolute Gasteiger partial charge is 0.495 e. The van der Waals surface area contributed by atoms with Gasteiger partial charge in [0.15, 0.2) is 0 Å². The zero-order valence-corrected chi connectivity index (χ0v) is 13.7. The molecule has 0 unspecified atom stereocenters. The molecule has 2 rings (SSSR count). The molecule has 0 radical (unpaired) electrons. The fourth-order valence-corrected chi connectivity index (χ4v) is 3.02. The fourth-order valence-electron chi connectivity index (χ4n) is 1.81. The van der Waals surface area contributed by atoms with Crippen LogP contribution in [0, 0.1) is 0 Å². The number of anilines is 1. The Morgan fingerprint density at radius 2 is 1.87 bits per heavy atom. The van der Waals surface area contributed by atoms with Gasteiger partial charge in [-0.1, -0.05) is 12.1 Å². The second-order valence-corrected chi connectivity index (χ2v) is 6.13. The van der Waals surface area contributed by atoms with E-state index in [-0.39, 0.29) is 10.6 Å². The van der Waals surface area contributed by atoms with Crippen molar-refractivity contribution in [1.82, 2.24) is 4.98 Å². The van der Waals surface area contributed by atoms with Crippen LogP contribution < -0.4 is 14.2 Å². The van der Waals surface area contributed by atoms with Gasteiger partial charge >= 0.3 is 0 Å². The minimum Gasteiger partial charge on any atom is -0.495 e. The van der Waals surface area contributed by atoms with Gasteiger partial charge < -0.3 is 14.2 Å². The maximum atomic E-state index is 12.4. The van der Waals surface area contributed by atoms with Gasteiger partial charge in [0.1, 0.15) is 17.3 Å². The molecule has 0 amide bonds. The number of hydrogen-bond donors (Lipinski definition) is 1. The molecule has 2 aromatic rings. The lowest BCUT2D eigenvalue weighted by Crippen LogP contribution is -2.14. The summed E-state index contributed by atoms with van der Waals surface area (Å²) < 4.78 is 42.5. The van der Waals surface area contributed by atoms with E-state index in [2.05, 4.69) is 9.71 Å². The van der Waals surface area contributed by atoms with Crippen LogP contribution in [0.1, 0.15) is 0 Å². The Balaban J connectivity index is 2.11. The molecule has 0 spiro atoms. The third kappa shape index (κ3) is 4.57. The number of sulfonamides is 1. The van der Waals surface area contributed by atoms with E-state index in [4.69, 9.17) is 14.2 Å². The molecule has 1 aromatic heterocycles. The van der Waals surface area contributed by atoms with Crippen molar-refractivity contribution in [3.63, 3.8) is 0 Å². The van der Waals surface area contributed by atoms with Gasteiger partial charge in [-0.05, 0) is 18.2 Å². The number of pyridine rings is 1. The average Bonchev–Trinajstić information content (AvgIpc) is 2.56. The summed E-state index contributed by atoms with van der Waals surface area (Å²) in [6.45, 7) is 0.819. The summed E-state index contributed by atoms with van der Waals surface area (Å²) in [7, 11) is -0.771. The second kappa shape index (κ2) is 7.80.